The second-order valence-electron chi connectivity index (χ2n) is 2.81. The lowest BCUT2D eigenvalue weighted by molar-refractivity contribution is 0.0687. The van der Waals surface area contributed by atoms with E-state index in [1.807, 2.05) is 0 Å². The van der Waals surface area contributed by atoms with Gasteiger partial charge in [0.2, 0.25) is 0 Å². The largest absolute Gasteiger partial charge is 0.476 e. The summed E-state index contributed by atoms with van der Waals surface area (Å²) in [6, 6.07) is 1.52. The molecule has 0 amide bonds. The summed E-state index contributed by atoms with van der Waals surface area (Å²) in [7, 11) is 0. The Kier molecular flexibility index (Phi) is 3.38. The molecule has 0 aliphatic carbocycles. The maximum atomic E-state index is 10.5. The summed E-state index contributed by atoms with van der Waals surface area (Å²) in [5, 5.41) is 16.1. The van der Waals surface area contributed by atoms with Gasteiger partial charge in [-0.1, -0.05) is 0 Å². The quantitative estimate of drug-likeness (QED) is 0.747. The van der Waals surface area contributed by atoms with Gasteiger partial charge in [-0.3, -0.25) is 0 Å². The predicted molar refractivity (Wildman–Crippen MR) is 49.6 cm³/mol. The van der Waals surface area contributed by atoms with E-state index in [1.54, 1.807) is 0 Å². The number of carboxylic acids is 1. The van der Waals surface area contributed by atoms with Gasteiger partial charge in [-0.15, -0.1) is 17.5 Å². The highest BCUT2D eigenvalue weighted by Crippen LogP contribution is 2.13. The molecular weight excluding hydrogens is 208 g/mol. The number of halogens is 1. The van der Waals surface area contributed by atoms with Gasteiger partial charge in [-0.2, -0.15) is 5.10 Å². The van der Waals surface area contributed by atoms with Gasteiger partial charge in [0.05, 0.1) is 18.9 Å². The zero-order chi connectivity index (χ0) is 9.26. The molecule has 0 atom stereocenters. The van der Waals surface area contributed by atoms with Crippen LogP contribution in [0.1, 0.15) is 21.7 Å². The molecule has 0 fully saturated rings. The van der Waals surface area contributed by atoms with Crippen molar-refractivity contribution in [1.29, 1.82) is 0 Å². The molecule has 0 bridgehead atoms. The first kappa shape index (κ1) is 10.9. The molecule has 5 nitrogen and oxygen atoms in total. The summed E-state index contributed by atoms with van der Waals surface area (Å²) in [4.78, 5) is 10.5. The highest BCUT2D eigenvalue weighted by atomic mass is 35.5. The van der Waals surface area contributed by atoms with Crippen LogP contribution in [0.3, 0.4) is 0 Å². The van der Waals surface area contributed by atoms with Crippen LogP contribution in [-0.2, 0) is 17.8 Å². The van der Waals surface area contributed by atoms with Crippen molar-refractivity contribution in [1.82, 2.24) is 10.2 Å². The summed E-state index contributed by atoms with van der Waals surface area (Å²) >= 11 is 0. The van der Waals surface area contributed by atoms with Crippen LogP contribution in [0.4, 0.5) is 0 Å². The number of aromatic carboxylic acids is 1. The molecule has 2 rings (SSSR count). The zero-order valence-electron chi connectivity index (χ0n) is 7.27. The molecule has 0 spiro atoms. The van der Waals surface area contributed by atoms with Crippen molar-refractivity contribution in [3.8, 4) is 0 Å². The molecule has 0 aromatic carbocycles. The summed E-state index contributed by atoms with van der Waals surface area (Å²) in [6.07, 6.45) is 0.711. The van der Waals surface area contributed by atoms with Gasteiger partial charge in [0.1, 0.15) is 0 Å². The molecule has 1 aromatic heterocycles. The van der Waals surface area contributed by atoms with Crippen molar-refractivity contribution in [3.63, 3.8) is 0 Å². The fraction of sp³-hybridized carbons (Fsp3) is 0.375. The smallest absolute Gasteiger partial charge is 0.356 e. The monoisotopic (exact) mass is 216 g/mol. The summed E-state index contributed by atoms with van der Waals surface area (Å²) < 4.78 is 5.17. The van der Waals surface area contributed by atoms with Gasteiger partial charge in [0.25, 0.3) is 0 Å². The second-order valence-corrected chi connectivity index (χ2v) is 2.81. The number of fused-ring (bicyclic) bond motifs is 1. The summed E-state index contributed by atoms with van der Waals surface area (Å²) in [6.45, 7) is 1.07. The van der Waals surface area contributed by atoms with Crippen LogP contribution in [0.25, 0.3) is 0 Å². The van der Waals surface area contributed by atoms with Gasteiger partial charge >= 0.3 is 5.97 Å². The van der Waals surface area contributed by atoms with Crippen LogP contribution < -0.4 is 0 Å². The van der Waals surface area contributed by atoms with Crippen LogP contribution in [0, 0.1) is 0 Å². The Morgan fingerprint density at radius 3 is 3.00 bits per heavy atom. The Hall–Kier alpha value is -1.20. The van der Waals surface area contributed by atoms with Crippen LogP contribution in [-0.4, -0.2) is 27.9 Å². The minimum absolute atomic E-state index is 0. The zero-order valence-corrected chi connectivity index (χ0v) is 8.08. The van der Waals surface area contributed by atoms with Gasteiger partial charge in [-0.05, 0) is 6.07 Å². The lowest BCUT2D eigenvalue weighted by Gasteiger charge is -2.14. The van der Waals surface area contributed by atoms with E-state index in [0.29, 0.717) is 19.6 Å². The molecule has 14 heavy (non-hydrogen) atoms. The lowest BCUT2D eigenvalue weighted by atomic mass is 10.1. The van der Waals surface area contributed by atoms with E-state index in [4.69, 9.17) is 9.84 Å². The minimum Gasteiger partial charge on any atom is -0.476 e. The van der Waals surface area contributed by atoms with Gasteiger partial charge < -0.3 is 9.84 Å². The van der Waals surface area contributed by atoms with Crippen molar-refractivity contribution in [2.75, 3.05) is 6.61 Å². The molecule has 1 aliphatic rings. The SMILES string of the molecule is Cl.O=C(O)c1cc2c(nn1)CCOC2. The molecule has 1 N–H and O–H groups in total. The first-order chi connectivity index (χ1) is 6.27. The average molecular weight is 217 g/mol. The summed E-state index contributed by atoms with van der Waals surface area (Å²) in [5.74, 6) is -1.05. The third-order valence-corrected chi connectivity index (χ3v) is 1.92. The van der Waals surface area contributed by atoms with Gasteiger partial charge in [0.15, 0.2) is 5.69 Å². The third kappa shape index (κ3) is 2.00. The molecule has 0 saturated carbocycles. The third-order valence-electron chi connectivity index (χ3n) is 1.92. The van der Waals surface area contributed by atoms with Crippen molar-refractivity contribution in [2.45, 2.75) is 13.0 Å². The highest BCUT2D eigenvalue weighted by molar-refractivity contribution is 5.85. The van der Waals surface area contributed by atoms with E-state index in [9.17, 15) is 4.79 Å². The normalized spacial score (nSPS) is 14.0. The predicted octanol–water partition coefficient (Wildman–Crippen LogP) is 0.669. The number of nitrogens with zero attached hydrogens (tertiary/aromatic N) is 2. The Labute approximate surface area is 86.5 Å². The second kappa shape index (κ2) is 4.34. The standard InChI is InChI=1S/C8H8N2O3.ClH/c11-8(12)7-3-5-4-13-2-1-6(5)9-10-7;/h3H,1-2,4H2,(H,11,12);1H. The molecule has 1 aromatic rings. The van der Waals surface area contributed by atoms with E-state index >= 15 is 0 Å². The fourth-order valence-electron chi connectivity index (χ4n) is 1.25. The Morgan fingerprint density at radius 1 is 1.50 bits per heavy atom. The number of hydrogen-bond donors (Lipinski definition) is 1. The molecule has 0 unspecified atom stereocenters. The van der Waals surface area contributed by atoms with Crippen molar-refractivity contribution in [2.24, 2.45) is 0 Å². The Morgan fingerprint density at radius 2 is 2.29 bits per heavy atom. The maximum absolute atomic E-state index is 10.5. The maximum Gasteiger partial charge on any atom is 0.356 e. The molecule has 76 valence electrons. The van der Waals surface area contributed by atoms with Crippen molar-refractivity contribution < 1.29 is 14.6 Å². The molecule has 1 aliphatic heterocycles. The number of ether oxygens (including phenoxy) is 1. The molecule has 0 saturated heterocycles. The van der Waals surface area contributed by atoms with E-state index in [2.05, 4.69) is 10.2 Å². The average Bonchev–Trinajstić information content (AvgIpc) is 2.17. The molecule has 2 heterocycles. The van der Waals surface area contributed by atoms with Gasteiger partial charge in [0, 0.05) is 12.0 Å². The van der Waals surface area contributed by atoms with Crippen LogP contribution in [0.15, 0.2) is 6.07 Å². The first-order valence-electron chi connectivity index (χ1n) is 3.94. The van der Waals surface area contributed by atoms with E-state index in [0.717, 1.165) is 11.3 Å². The van der Waals surface area contributed by atoms with Crippen molar-refractivity contribution >= 4 is 18.4 Å². The fourth-order valence-corrected chi connectivity index (χ4v) is 1.25. The van der Waals surface area contributed by atoms with Crippen LogP contribution in [0.5, 0.6) is 0 Å². The van der Waals surface area contributed by atoms with Gasteiger partial charge in [-0.25, -0.2) is 4.79 Å². The number of aromatic nitrogens is 2. The molecule has 6 heteroatoms. The summed E-state index contributed by atoms with van der Waals surface area (Å²) in [5.41, 5.74) is 1.65. The lowest BCUT2D eigenvalue weighted by Crippen LogP contribution is -2.15. The Bertz CT molecular complexity index is 356. The first-order valence-corrected chi connectivity index (χ1v) is 3.94. The molecular formula is C8H9ClN2O3. The van der Waals surface area contributed by atoms with E-state index < -0.39 is 5.97 Å². The highest BCUT2D eigenvalue weighted by Gasteiger charge is 2.14. The topological polar surface area (TPSA) is 72.3 Å². The minimum atomic E-state index is -1.05. The van der Waals surface area contributed by atoms with Crippen LogP contribution >= 0.6 is 12.4 Å². The molecule has 0 radical (unpaired) electrons. The van der Waals surface area contributed by atoms with Crippen molar-refractivity contribution in [3.05, 3.63) is 23.0 Å². The van der Waals surface area contributed by atoms with Crippen LogP contribution in [0.2, 0.25) is 0 Å². The number of carboxylic acid groups (broad SMARTS) is 1. The number of rotatable bonds is 1. The van der Waals surface area contributed by atoms with E-state index in [-0.39, 0.29) is 18.1 Å². The number of carbonyl (C=O) groups is 1. The Balaban J connectivity index is 0.000000980. The van der Waals surface area contributed by atoms with E-state index in [1.165, 1.54) is 6.07 Å². The number of hydrogen-bond acceptors (Lipinski definition) is 4.